The zero-order valence-corrected chi connectivity index (χ0v) is 20.3. The molecule has 0 unspecified atom stereocenters. The summed E-state index contributed by atoms with van der Waals surface area (Å²) < 4.78 is 20.9. The van der Waals surface area contributed by atoms with Gasteiger partial charge in [0.2, 0.25) is 0 Å². The fourth-order valence-electron chi connectivity index (χ4n) is 3.10. The van der Waals surface area contributed by atoms with E-state index in [9.17, 15) is 14.0 Å². The number of thioether (sulfide) groups is 1. The molecule has 1 aliphatic rings. The van der Waals surface area contributed by atoms with E-state index in [1.807, 2.05) is 24.3 Å². The summed E-state index contributed by atoms with van der Waals surface area (Å²) in [5.74, 6) is -0.353. The molecule has 2 amide bonds. The monoisotopic (exact) mass is 579 g/mol. The molecule has 1 aliphatic heterocycles. The van der Waals surface area contributed by atoms with Gasteiger partial charge in [0.1, 0.15) is 18.2 Å². The van der Waals surface area contributed by atoms with Crippen molar-refractivity contribution in [3.8, 4) is 5.75 Å². The first-order chi connectivity index (χ1) is 15.4. The average Bonchev–Trinajstić information content (AvgIpc) is 3.03. The van der Waals surface area contributed by atoms with Crippen LogP contribution in [0.25, 0.3) is 6.08 Å². The third kappa shape index (κ3) is 5.16. The minimum Gasteiger partial charge on any atom is -0.488 e. The van der Waals surface area contributed by atoms with Crippen molar-refractivity contribution in [1.82, 2.24) is 4.90 Å². The predicted molar refractivity (Wildman–Crippen MR) is 133 cm³/mol. The quantitative estimate of drug-likeness (QED) is 0.236. The van der Waals surface area contributed by atoms with Gasteiger partial charge in [-0.3, -0.25) is 14.5 Å². The minimum absolute atomic E-state index is 0.0648. The zero-order chi connectivity index (χ0) is 22.7. The first kappa shape index (κ1) is 22.8. The SMILES string of the molecule is O=C1S/C(=C\c2ccccc2OCc2c(F)cccc2Cl)C(=O)N1Cc1ccc(I)cc1. The van der Waals surface area contributed by atoms with Gasteiger partial charge in [-0.1, -0.05) is 48.0 Å². The van der Waals surface area contributed by atoms with Gasteiger partial charge in [0.15, 0.2) is 0 Å². The van der Waals surface area contributed by atoms with Gasteiger partial charge in [-0.2, -0.15) is 0 Å². The Morgan fingerprint density at radius 2 is 1.78 bits per heavy atom. The van der Waals surface area contributed by atoms with Crippen LogP contribution >= 0.6 is 46.0 Å². The van der Waals surface area contributed by atoms with Crippen molar-refractivity contribution >= 4 is 63.2 Å². The van der Waals surface area contributed by atoms with Crippen molar-refractivity contribution in [1.29, 1.82) is 0 Å². The van der Waals surface area contributed by atoms with Gasteiger partial charge in [0.05, 0.1) is 16.5 Å². The van der Waals surface area contributed by atoms with Crippen LogP contribution in [0.4, 0.5) is 9.18 Å². The van der Waals surface area contributed by atoms with Gasteiger partial charge < -0.3 is 4.74 Å². The van der Waals surface area contributed by atoms with Gasteiger partial charge in [-0.05, 0) is 76.3 Å². The van der Waals surface area contributed by atoms with Crippen molar-refractivity contribution in [2.75, 3.05) is 0 Å². The molecule has 3 aromatic carbocycles. The normalized spacial score (nSPS) is 15.0. The number of imide groups is 1. The predicted octanol–water partition coefficient (Wildman–Crippen LogP) is 6.90. The number of carbonyl (C=O) groups is 2. The molecular weight excluding hydrogens is 564 g/mol. The summed E-state index contributed by atoms with van der Waals surface area (Å²) in [5.41, 5.74) is 1.74. The van der Waals surface area contributed by atoms with E-state index in [1.165, 1.54) is 17.0 Å². The van der Waals surface area contributed by atoms with Crippen molar-refractivity contribution in [2.24, 2.45) is 0 Å². The molecule has 0 atom stereocenters. The van der Waals surface area contributed by atoms with E-state index < -0.39 is 5.82 Å². The average molecular weight is 580 g/mol. The summed E-state index contributed by atoms with van der Waals surface area (Å²) in [4.78, 5) is 26.9. The van der Waals surface area contributed by atoms with Crippen LogP contribution in [0.3, 0.4) is 0 Å². The lowest BCUT2D eigenvalue weighted by Crippen LogP contribution is -2.27. The molecule has 4 nitrogen and oxygen atoms in total. The summed E-state index contributed by atoms with van der Waals surface area (Å²) >= 11 is 9.16. The molecule has 0 aromatic heterocycles. The first-order valence-electron chi connectivity index (χ1n) is 9.57. The number of hydrogen-bond acceptors (Lipinski definition) is 4. The summed E-state index contributed by atoms with van der Waals surface area (Å²) in [6.45, 7) is 0.146. The highest BCUT2D eigenvalue weighted by Crippen LogP contribution is 2.35. The molecule has 0 spiro atoms. The molecule has 8 heteroatoms. The van der Waals surface area contributed by atoms with Crippen molar-refractivity contribution in [3.05, 3.63) is 103 Å². The third-order valence-corrected chi connectivity index (χ3v) is 6.75. The van der Waals surface area contributed by atoms with Crippen LogP contribution in [0.5, 0.6) is 5.75 Å². The van der Waals surface area contributed by atoms with E-state index in [2.05, 4.69) is 22.6 Å². The van der Waals surface area contributed by atoms with E-state index in [1.54, 1.807) is 36.4 Å². The highest BCUT2D eigenvalue weighted by atomic mass is 127. The maximum Gasteiger partial charge on any atom is 0.293 e. The van der Waals surface area contributed by atoms with Gasteiger partial charge in [0.25, 0.3) is 11.1 Å². The Bertz CT molecular complexity index is 1200. The number of hydrogen-bond donors (Lipinski definition) is 0. The van der Waals surface area contributed by atoms with Gasteiger partial charge in [-0.15, -0.1) is 0 Å². The van der Waals surface area contributed by atoms with E-state index in [0.717, 1.165) is 20.9 Å². The summed E-state index contributed by atoms with van der Waals surface area (Å²) in [6, 6.07) is 19.2. The van der Waals surface area contributed by atoms with Crippen LogP contribution in [-0.4, -0.2) is 16.0 Å². The Kier molecular flexibility index (Phi) is 7.17. The number of halogens is 3. The molecule has 0 N–H and O–H groups in total. The van der Waals surface area contributed by atoms with Crippen LogP contribution in [0.2, 0.25) is 5.02 Å². The standard InChI is InChI=1S/C24H16ClFINO3S/c25-19-5-3-6-20(26)18(19)14-31-21-7-2-1-4-16(21)12-22-23(29)28(24(30)32-22)13-15-8-10-17(27)11-9-15/h1-12H,13-14H2/b22-12-. The van der Waals surface area contributed by atoms with E-state index in [0.29, 0.717) is 16.2 Å². The molecule has 32 heavy (non-hydrogen) atoms. The zero-order valence-electron chi connectivity index (χ0n) is 16.6. The third-order valence-electron chi connectivity index (χ3n) is 4.77. The van der Waals surface area contributed by atoms with Crippen LogP contribution < -0.4 is 4.74 Å². The molecule has 0 saturated carbocycles. The van der Waals surface area contributed by atoms with Gasteiger partial charge >= 0.3 is 0 Å². The maximum absolute atomic E-state index is 14.1. The number of amides is 2. The second-order valence-corrected chi connectivity index (χ2v) is 9.57. The summed E-state index contributed by atoms with van der Waals surface area (Å²) in [5, 5.41) is -0.0458. The maximum atomic E-state index is 14.1. The lowest BCUT2D eigenvalue weighted by molar-refractivity contribution is -0.123. The van der Waals surface area contributed by atoms with E-state index in [4.69, 9.17) is 16.3 Å². The fraction of sp³-hybridized carbons (Fsp3) is 0.0833. The summed E-state index contributed by atoms with van der Waals surface area (Å²) in [6.07, 6.45) is 1.62. The Morgan fingerprint density at radius 1 is 1.03 bits per heavy atom. The molecule has 4 rings (SSSR count). The van der Waals surface area contributed by atoms with Gasteiger partial charge in [0, 0.05) is 14.7 Å². The minimum atomic E-state index is -0.452. The fourth-order valence-corrected chi connectivity index (χ4v) is 4.51. The Hall–Kier alpha value is -2.36. The molecule has 0 radical (unpaired) electrons. The molecule has 3 aromatic rings. The lowest BCUT2D eigenvalue weighted by Gasteiger charge is -2.13. The molecular formula is C24H16ClFINO3S. The van der Waals surface area contributed by atoms with Crippen LogP contribution in [-0.2, 0) is 17.9 Å². The smallest absolute Gasteiger partial charge is 0.293 e. The van der Waals surface area contributed by atoms with E-state index >= 15 is 0 Å². The number of ether oxygens (including phenoxy) is 1. The van der Waals surface area contributed by atoms with E-state index in [-0.39, 0.29) is 34.9 Å². The Labute approximate surface area is 207 Å². The van der Waals surface area contributed by atoms with Crippen molar-refractivity contribution < 1.29 is 18.7 Å². The first-order valence-corrected chi connectivity index (χ1v) is 11.8. The summed E-state index contributed by atoms with van der Waals surface area (Å²) in [7, 11) is 0. The topological polar surface area (TPSA) is 46.6 Å². The molecule has 0 aliphatic carbocycles. The Balaban J connectivity index is 1.53. The van der Waals surface area contributed by atoms with Crippen LogP contribution in [0.1, 0.15) is 16.7 Å². The number of benzene rings is 3. The van der Waals surface area contributed by atoms with Crippen LogP contribution in [0.15, 0.2) is 71.6 Å². The number of carbonyl (C=O) groups excluding carboxylic acids is 2. The number of nitrogens with zero attached hydrogens (tertiary/aromatic N) is 1. The Morgan fingerprint density at radius 3 is 2.53 bits per heavy atom. The van der Waals surface area contributed by atoms with Gasteiger partial charge in [-0.25, -0.2) is 4.39 Å². The number of rotatable bonds is 6. The second-order valence-electron chi connectivity index (χ2n) is 6.92. The molecule has 1 heterocycles. The van der Waals surface area contributed by atoms with Crippen molar-refractivity contribution in [3.63, 3.8) is 0 Å². The lowest BCUT2D eigenvalue weighted by atomic mass is 10.1. The highest BCUT2D eigenvalue weighted by molar-refractivity contribution is 14.1. The number of para-hydroxylation sites is 1. The highest BCUT2D eigenvalue weighted by Gasteiger charge is 2.35. The largest absolute Gasteiger partial charge is 0.488 e. The second kappa shape index (κ2) is 10.1. The molecule has 0 bridgehead atoms. The van der Waals surface area contributed by atoms with Crippen molar-refractivity contribution in [2.45, 2.75) is 13.2 Å². The molecule has 162 valence electrons. The molecule has 1 fully saturated rings. The van der Waals surface area contributed by atoms with Crippen LogP contribution in [0, 0.1) is 9.39 Å². The molecule has 1 saturated heterocycles.